The molecule has 0 aliphatic heterocycles. The van der Waals surface area contributed by atoms with E-state index in [0.29, 0.717) is 12.5 Å². The van der Waals surface area contributed by atoms with E-state index >= 15 is 0 Å². The van der Waals surface area contributed by atoms with Gasteiger partial charge in [-0.1, -0.05) is 0 Å². The second-order valence-corrected chi connectivity index (χ2v) is 4.01. The van der Waals surface area contributed by atoms with Gasteiger partial charge in [0.15, 0.2) is 0 Å². The van der Waals surface area contributed by atoms with Crippen LogP contribution in [0.4, 0.5) is 0 Å². The van der Waals surface area contributed by atoms with Crippen molar-refractivity contribution < 1.29 is 0 Å². The molecule has 1 heterocycles. The lowest BCUT2D eigenvalue weighted by Crippen LogP contribution is -1.99. The molecule has 0 unspecified atom stereocenters. The summed E-state index contributed by atoms with van der Waals surface area (Å²) < 4.78 is 2.89. The van der Waals surface area contributed by atoms with E-state index in [1.807, 2.05) is 11.7 Å². The molecule has 3 nitrogen and oxygen atoms in total. The first-order valence-corrected chi connectivity index (χ1v) is 4.94. The van der Waals surface area contributed by atoms with Crippen LogP contribution in [0.15, 0.2) is 4.60 Å². The van der Waals surface area contributed by atoms with Gasteiger partial charge in [0.05, 0.1) is 5.69 Å². The number of aromatic nitrogens is 2. The Labute approximate surface area is 80.1 Å². The molecule has 1 aliphatic carbocycles. The maximum atomic E-state index is 5.65. The molecule has 0 radical (unpaired) electrons. The molecular formula is C8H12BrN3. The topological polar surface area (TPSA) is 43.8 Å². The second-order valence-electron chi connectivity index (χ2n) is 3.26. The number of halogens is 1. The predicted octanol–water partition coefficient (Wildman–Crippen LogP) is 1.52. The van der Waals surface area contributed by atoms with E-state index in [2.05, 4.69) is 21.0 Å². The summed E-state index contributed by atoms with van der Waals surface area (Å²) in [5.74, 6) is 0.682. The second kappa shape index (κ2) is 2.85. The van der Waals surface area contributed by atoms with Gasteiger partial charge < -0.3 is 5.73 Å². The summed E-state index contributed by atoms with van der Waals surface area (Å²) in [5.41, 5.74) is 8.03. The molecule has 1 aliphatic rings. The van der Waals surface area contributed by atoms with Crippen LogP contribution in [-0.2, 0) is 13.6 Å². The third-order valence-electron chi connectivity index (χ3n) is 2.27. The molecule has 1 aromatic heterocycles. The molecule has 1 saturated carbocycles. The lowest BCUT2D eigenvalue weighted by molar-refractivity contribution is 0.729. The Kier molecular flexibility index (Phi) is 1.96. The van der Waals surface area contributed by atoms with E-state index in [1.54, 1.807) is 0 Å². The molecule has 0 atom stereocenters. The molecule has 2 N–H and O–H groups in total. The summed E-state index contributed by atoms with van der Waals surface area (Å²) in [5, 5.41) is 4.43. The fraction of sp³-hybridized carbons (Fsp3) is 0.625. The molecule has 0 amide bonds. The van der Waals surface area contributed by atoms with Gasteiger partial charge in [-0.2, -0.15) is 5.10 Å². The molecule has 2 rings (SSSR count). The Hall–Kier alpha value is -0.350. The molecule has 0 bridgehead atoms. The summed E-state index contributed by atoms with van der Waals surface area (Å²) in [4.78, 5) is 0. The minimum absolute atomic E-state index is 0.584. The van der Waals surface area contributed by atoms with Crippen molar-refractivity contribution in [1.29, 1.82) is 0 Å². The molecule has 4 heteroatoms. The molecule has 0 aromatic carbocycles. The van der Waals surface area contributed by atoms with Crippen LogP contribution in [0.3, 0.4) is 0 Å². The number of nitrogens with zero attached hydrogens (tertiary/aromatic N) is 2. The smallest absolute Gasteiger partial charge is 0.108 e. The van der Waals surface area contributed by atoms with E-state index < -0.39 is 0 Å². The first kappa shape index (κ1) is 8.26. The summed E-state index contributed by atoms with van der Waals surface area (Å²) in [6, 6.07) is 0. The number of hydrogen-bond acceptors (Lipinski definition) is 2. The van der Waals surface area contributed by atoms with Crippen molar-refractivity contribution in [2.24, 2.45) is 12.8 Å². The highest BCUT2D eigenvalue weighted by atomic mass is 79.9. The Morgan fingerprint density at radius 3 is 2.83 bits per heavy atom. The number of aryl methyl sites for hydroxylation is 1. The van der Waals surface area contributed by atoms with Gasteiger partial charge in [-0.25, -0.2) is 0 Å². The SMILES string of the molecule is Cn1nc(C2CC2)c(CN)c1Br. The zero-order valence-electron chi connectivity index (χ0n) is 7.05. The van der Waals surface area contributed by atoms with Crippen LogP contribution >= 0.6 is 15.9 Å². The van der Waals surface area contributed by atoms with Gasteiger partial charge in [0, 0.05) is 25.1 Å². The third kappa shape index (κ3) is 1.19. The standard InChI is InChI=1S/C8H12BrN3/c1-12-8(9)6(4-10)7(11-12)5-2-3-5/h5H,2-4,10H2,1H3. The van der Waals surface area contributed by atoms with E-state index in [4.69, 9.17) is 5.73 Å². The predicted molar refractivity (Wildman–Crippen MR) is 50.8 cm³/mol. The largest absolute Gasteiger partial charge is 0.326 e. The number of nitrogens with two attached hydrogens (primary N) is 1. The van der Waals surface area contributed by atoms with E-state index in [-0.39, 0.29) is 0 Å². The zero-order valence-corrected chi connectivity index (χ0v) is 8.63. The van der Waals surface area contributed by atoms with Gasteiger partial charge in [0.25, 0.3) is 0 Å². The van der Waals surface area contributed by atoms with Crippen LogP contribution in [0.5, 0.6) is 0 Å². The zero-order chi connectivity index (χ0) is 8.72. The van der Waals surface area contributed by atoms with E-state index in [1.165, 1.54) is 24.1 Å². The van der Waals surface area contributed by atoms with Crippen molar-refractivity contribution in [2.75, 3.05) is 0 Å². The minimum atomic E-state index is 0.584. The first-order valence-electron chi connectivity index (χ1n) is 4.15. The normalized spacial score (nSPS) is 16.9. The molecule has 1 aromatic rings. The molecule has 0 spiro atoms. The van der Waals surface area contributed by atoms with Crippen LogP contribution in [0.1, 0.15) is 30.0 Å². The number of rotatable bonds is 2. The van der Waals surface area contributed by atoms with Crippen molar-refractivity contribution in [2.45, 2.75) is 25.3 Å². The minimum Gasteiger partial charge on any atom is -0.326 e. The van der Waals surface area contributed by atoms with E-state index in [9.17, 15) is 0 Å². The van der Waals surface area contributed by atoms with Crippen LogP contribution < -0.4 is 5.73 Å². The van der Waals surface area contributed by atoms with Crippen LogP contribution in [0.2, 0.25) is 0 Å². The van der Waals surface area contributed by atoms with Crippen LogP contribution in [0, 0.1) is 0 Å². The fourth-order valence-electron chi connectivity index (χ4n) is 1.44. The maximum Gasteiger partial charge on any atom is 0.108 e. The number of hydrogen-bond donors (Lipinski definition) is 1. The summed E-state index contributed by atoms with van der Waals surface area (Å²) in [7, 11) is 1.94. The van der Waals surface area contributed by atoms with E-state index in [0.717, 1.165) is 4.60 Å². The Morgan fingerprint density at radius 1 is 1.67 bits per heavy atom. The molecule has 0 saturated heterocycles. The molecule has 66 valence electrons. The van der Waals surface area contributed by atoms with Gasteiger partial charge in [0.2, 0.25) is 0 Å². The first-order chi connectivity index (χ1) is 5.74. The Morgan fingerprint density at radius 2 is 2.33 bits per heavy atom. The average molecular weight is 230 g/mol. The van der Waals surface area contributed by atoms with Gasteiger partial charge in [-0.15, -0.1) is 0 Å². The van der Waals surface area contributed by atoms with Gasteiger partial charge in [-0.3, -0.25) is 4.68 Å². The van der Waals surface area contributed by atoms with Crippen LogP contribution in [0.25, 0.3) is 0 Å². The summed E-state index contributed by atoms with van der Waals surface area (Å²) in [6.07, 6.45) is 2.55. The molecule has 12 heavy (non-hydrogen) atoms. The lowest BCUT2D eigenvalue weighted by Gasteiger charge is -1.95. The van der Waals surface area contributed by atoms with Gasteiger partial charge in [-0.05, 0) is 28.8 Å². The van der Waals surface area contributed by atoms with Crippen molar-refractivity contribution in [3.63, 3.8) is 0 Å². The highest BCUT2D eigenvalue weighted by Crippen LogP contribution is 2.42. The third-order valence-corrected chi connectivity index (χ3v) is 3.26. The van der Waals surface area contributed by atoms with Crippen LogP contribution in [-0.4, -0.2) is 9.78 Å². The Balaban J connectivity index is 2.44. The van der Waals surface area contributed by atoms with Crippen molar-refractivity contribution in [3.8, 4) is 0 Å². The quantitative estimate of drug-likeness (QED) is 0.836. The van der Waals surface area contributed by atoms with Crippen molar-refractivity contribution in [3.05, 3.63) is 15.9 Å². The Bertz CT molecular complexity index is 301. The van der Waals surface area contributed by atoms with Crippen molar-refractivity contribution in [1.82, 2.24) is 9.78 Å². The summed E-state index contributed by atoms with van der Waals surface area (Å²) in [6.45, 7) is 0.584. The average Bonchev–Trinajstić information content (AvgIpc) is 2.82. The monoisotopic (exact) mass is 229 g/mol. The van der Waals surface area contributed by atoms with Crippen molar-refractivity contribution >= 4 is 15.9 Å². The fourth-order valence-corrected chi connectivity index (χ4v) is 1.88. The van der Waals surface area contributed by atoms with Gasteiger partial charge >= 0.3 is 0 Å². The molecular weight excluding hydrogens is 218 g/mol. The highest BCUT2D eigenvalue weighted by molar-refractivity contribution is 9.10. The molecule has 1 fully saturated rings. The highest BCUT2D eigenvalue weighted by Gasteiger charge is 2.29. The lowest BCUT2D eigenvalue weighted by atomic mass is 10.2. The summed E-state index contributed by atoms with van der Waals surface area (Å²) >= 11 is 3.48. The maximum absolute atomic E-state index is 5.65. The van der Waals surface area contributed by atoms with Gasteiger partial charge in [0.1, 0.15) is 4.60 Å².